The number of nitrogens with one attached hydrogen (secondary N) is 1. The molecule has 0 unspecified atom stereocenters. The predicted octanol–water partition coefficient (Wildman–Crippen LogP) is 2.83. The molecule has 1 aliphatic rings. The van der Waals surface area contributed by atoms with Gasteiger partial charge in [-0.15, -0.1) is 0 Å². The van der Waals surface area contributed by atoms with Gasteiger partial charge in [-0.3, -0.25) is 9.78 Å². The van der Waals surface area contributed by atoms with Gasteiger partial charge < -0.3 is 4.98 Å². The van der Waals surface area contributed by atoms with Crippen LogP contribution in [0, 0.1) is 20.8 Å². The fourth-order valence-electron chi connectivity index (χ4n) is 2.83. The van der Waals surface area contributed by atoms with Crippen LogP contribution in [0.3, 0.4) is 0 Å². The molecule has 0 bridgehead atoms. The number of aryl methyl sites for hydroxylation is 4. The molecule has 0 fully saturated rings. The number of aromatic nitrogens is 3. The van der Waals surface area contributed by atoms with E-state index >= 15 is 0 Å². The van der Waals surface area contributed by atoms with Crippen LogP contribution in [-0.4, -0.2) is 15.0 Å². The minimum atomic E-state index is 0.0602. The van der Waals surface area contributed by atoms with Gasteiger partial charge in [0, 0.05) is 17.5 Å². The predicted molar refractivity (Wildman–Crippen MR) is 84.7 cm³/mol. The second-order valence-corrected chi connectivity index (χ2v) is 5.48. The standard InChI is InChI=1S/C9H13N.C8H10N2O/c1-4-9-7(2)5-6-10-8(9)3;1-5-9-7-4-2-3-6(7)8(11)10-5/h5-6H,4H2,1-3H3;2-4H2,1H3,(H,9,10,11). The molecule has 2 aromatic heterocycles. The highest BCUT2D eigenvalue weighted by molar-refractivity contribution is 5.27. The van der Waals surface area contributed by atoms with E-state index in [4.69, 9.17) is 0 Å². The number of nitrogens with zero attached hydrogens (tertiary/aromatic N) is 2. The van der Waals surface area contributed by atoms with Gasteiger partial charge in [0.1, 0.15) is 5.82 Å². The molecule has 2 heterocycles. The molecule has 1 N–H and O–H groups in total. The number of pyridine rings is 1. The SMILES string of the molecule is CCc1c(C)ccnc1C.Cc1nc2c(c(=O)[nH]1)CCC2. The molecule has 4 nitrogen and oxygen atoms in total. The van der Waals surface area contributed by atoms with Crippen molar-refractivity contribution in [2.45, 2.75) is 53.4 Å². The first-order chi connectivity index (χ1) is 10.0. The summed E-state index contributed by atoms with van der Waals surface area (Å²) in [4.78, 5) is 22.4. The Bertz CT molecular complexity index is 669. The molecule has 4 heteroatoms. The Morgan fingerprint density at radius 1 is 1.24 bits per heavy atom. The molecular formula is C17H23N3O. The zero-order valence-electron chi connectivity index (χ0n) is 13.3. The fourth-order valence-corrected chi connectivity index (χ4v) is 2.83. The van der Waals surface area contributed by atoms with Crippen molar-refractivity contribution in [3.05, 3.63) is 56.5 Å². The molecule has 0 amide bonds. The summed E-state index contributed by atoms with van der Waals surface area (Å²) in [6.45, 7) is 8.18. The Kier molecular flexibility index (Phi) is 4.89. The zero-order valence-corrected chi connectivity index (χ0v) is 13.3. The lowest BCUT2D eigenvalue weighted by molar-refractivity contribution is 0.895. The van der Waals surface area contributed by atoms with E-state index in [0.717, 1.165) is 42.8 Å². The third kappa shape index (κ3) is 3.57. The van der Waals surface area contributed by atoms with Crippen molar-refractivity contribution in [1.29, 1.82) is 0 Å². The lowest BCUT2D eigenvalue weighted by Crippen LogP contribution is -2.15. The van der Waals surface area contributed by atoms with E-state index in [1.807, 2.05) is 13.1 Å². The Balaban J connectivity index is 0.000000155. The topological polar surface area (TPSA) is 58.6 Å². The van der Waals surface area contributed by atoms with Crippen molar-refractivity contribution in [2.75, 3.05) is 0 Å². The maximum Gasteiger partial charge on any atom is 0.254 e. The minimum absolute atomic E-state index is 0.0602. The number of hydrogen-bond acceptors (Lipinski definition) is 3. The van der Waals surface area contributed by atoms with Crippen LogP contribution in [0.5, 0.6) is 0 Å². The summed E-state index contributed by atoms with van der Waals surface area (Å²) in [5.74, 6) is 0.732. The van der Waals surface area contributed by atoms with Gasteiger partial charge in [-0.1, -0.05) is 6.92 Å². The zero-order chi connectivity index (χ0) is 15.4. The van der Waals surface area contributed by atoms with Crippen LogP contribution in [-0.2, 0) is 19.3 Å². The lowest BCUT2D eigenvalue weighted by atomic mass is 10.1. The highest BCUT2D eigenvalue weighted by atomic mass is 16.1. The maximum atomic E-state index is 11.2. The summed E-state index contributed by atoms with van der Waals surface area (Å²) >= 11 is 0. The second kappa shape index (κ2) is 6.66. The van der Waals surface area contributed by atoms with E-state index in [2.05, 4.69) is 41.8 Å². The van der Waals surface area contributed by atoms with Gasteiger partial charge >= 0.3 is 0 Å². The van der Waals surface area contributed by atoms with Crippen LogP contribution in [0.1, 0.15) is 47.2 Å². The molecule has 112 valence electrons. The first-order valence-corrected chi connectivity index (χ1v) is 7.52. The number of rotatable bonds is 1. The monoisotopic (exact) mass is 285 g/mol. The molecule has 0 radical (unpaired) electrons. The molecular weight excluding hydrogens is 262 g/mol. The van der Waals surface area contributed by atoms with Crippen molar-refractivity contribution < 1.29 is 0 Å². The Hall–Kier alpha value is -1.97. The Labute approximate surface area is 125 Å². The van der Waals surface area contributed by atoms with Crippen LogP contribution in [0.15, 0.2) is 17.1 Å². The molecule has 0 spiro atoms. The molecule has 0 saturated carbocycles. The van der Waals surface area contributed by atoms with Crippen LogP contribution >= 0.6 is 0 Å². The van der Waals surface area contributed by atoms with E-state index in [1.54, 1.807) is 0 Å². The molecule has 2 aromatic rings. The van der Waals surface area contributed by atoms with Crippen molar-refractivity contribution in [3.8, 4) is 0 Å². The van der Waals surface area contributed by atoms with Gasteiger partial charge in [0.25, 0.3) is 5.56 Å². The minimum Gasteiger partial charge on any atom is -0.311 e. The van der Waals surface area contributed by atoms with E-state index in [-0.39, 0.29) is 5.56 Å². The highest BCUT2D eigenvalue weighted by Crippen LogP contribution is 2.14. The van der Waals surface area contributed by atoms with Gasteiger partial charge in [-0.25, -0.2) is 4.98 Å². The van der Waals surface area contributed by atoms with Gasteiger partial charge in [-0.2, -0.15) is 0 Å². The molecule has 0 atom stereocenters. The fraction of sp³-hybridized carbons (Fsp3) is 0.471. The van der Waals surface area contributed by atoms with Crippen LogP contribution < -0.4 is 5.56 Å². The normalized spacial score (nSPS) is 12.6. The summed E-state index contributed by atoms with van der Waals surface area (Å²) in [6, 6.07) is 2.06. The lowest BCUT2D eigenvalue weighted by Gasteiger charge is -2.03. The first kappa shape index (κ1) is 15.4. The van der Waals surface area contributed by atoms with Gasteiger partial charge in [0.15, 0.2) is 0 Å². The third-order valence-corrected chi connectivity index (χ3v) is 3.92. The number of aromatic amines is 1. The Morgan fingerprint density at radius 2 is 2.00 bits per heavy atom. The van der Waals surface area contributed by atoms with E-state index < -0.39 is 0 Å². The summed E-state index contributed by atoms with van der Waals surface area (Å²) in [7, 11) is 0. The molecule has 0 saturated heterocycles. The van der Waals surface area contributed by atoms with Gasteiger partial charge in [-0.05, 0) is 63.6 Å². The number of hydrogen-bond donors (Lipinski definition) is 1. The quantitative estimate of drug-likeness (QED) is 0.876. The maximum absolute atomic E-state index is 11.2. The average molecular weight is 285 g/mol. The van der Waals surface area contributed by atoms with Gasteiger partial charge in [0.2, 0.25) is 0 Å². The summed E-state index contributed by atoms with van der Waals surface area (Å²) in [5.41, 5.74) is 5.88. The largest absolute Gasteiger partial charge is 0.311 e. The molecule has 0 aliphatic heterocycles. The summed E-state index contributed by atoms with van der Waals surface area (Å²) in [5, 5.41) is 0. The van der Waals surface area contributed by atoms with Crippen molar-refractivity contribution >= 4 is 0 Å². The van der Waals surface area contributed by atoms with Crippen molar-refractivity contribution in [3.63, 3.8) is 0 Å². The van der Waals surface area contributed by atoms with Crippen LogP contribution in [0.25, 0.3) is 0 Å². The van der Waals surface area contributed by atoms with Crippen LogP contribution in [0.2, 0.25) is 0 Å². The Morgan fingerprint density at radius 3 is 2.62 bits per heavy atom. The smallest absolute Gasteiger partial charge is 0.254 e. The molecule has 3 rings (SSSR count). The van der Waals surface area contributed by atoms with Crippen molar-refractivity contribution in [1.82, 2.24) is 15.0 Å². The third-order valence-electron chi connectivity index (χ3n) is 3.92. The van der Waals surface area contributed by atoms with Crippen molar-refractivity contribution in [2.24, 2.45) is 0 Å². The first-order valence-electron chi connectivity index (χ1n) is 7.52. The average Bonchev–Trinajstić information content (AvgIpc) is 2.88. The van der Waals surface area contributed by atoms with E-state index in [1.165, 1.54) is 16.8 Å². The second-order valence-electron chi connectivity index (χ2n) is 5.48. The van der Waals surface area contributed by atoms with E-state index in [0.29, 0.717) is 0 Å². The van der Waals surface area contributed by atoms with E-state index in [9.17, 15) is 4.79 Å². The molecule has 21 heavy (non-hydrogen) atoms. The molecule has 1 aliphatic carbocycles. The van der Waals surface area contributed by atoms with Crippen LogP contribution in [0.4, 0.5) is 0 Å². The number of fused-ring (bicyclic) bond motifs is 1. The highest BCUT2D eigenvalue weighted by Gasteiger charge is 2.15. The number of H-pyrrole nitrogens is 1. The summed E-state index contributed by atoms with van der Waals surface area (Å²) in [6.07, 6.45) is 5.90. The molecule has 0 aromatic carbocycles. The van der Waals surface area contributed by atoms with Gasteiger partial charge in [0.05, 0.1) is 5.69 Å². The summed E-state index contributed by atoms with van der Waals surface area (Å²) < 4.78 is 0.